The molecule has 3 N–H and O–H groups in total. The topological polar surface area (TPSA) is 102 Å². The Bertz CT molecular complexity index is 463. The number of nitrogens with two attached hydrogens (primary N) is 1. The Morgan fingerprint density at radius 2 is 2.33 bits per heavy atom. The van der Waals surface area contributed by atoms with Gasteiger partial charge in [-0.05, 0) is 0 Å². The van der Waals surface area contributed by atoms with Crippen molar-refractivity contribution in [1.29, 1.82) is 5.41 Å². The van der Waals surface area contributed by atoms with Gasteiger partial charge in [-0.15, -0.1) is 0 Å². The summed E-state index contributed by atoms with van der Waals surface area (Å²) in [6.07, 6.45) is 3.86. The second-order valence-corrected chi connectivity index (χ2v) is 5.54. The van der Waals surface area contributed by atoms with Crippen molar-refractivity contribution >= 4 is 15.7 Å². The van der Waals surface area contributed by atoms with Gasteiger partial charge in [-0.2, -0.15) is 5.10 Å². The first-order valence-corrected chi connectivity index (χ1v) is 6.26. The van der Waals surface area contributed by atoms with Gasteiger partial charge in [0, 0.05) is 18.4 Å². The average Bonchev–Trinajstić information content (AvgIpc) is 2.51. The molecule has 1 aromatic rings. The normalized spacial score (nSPS) is 13.7. The van der Waals surface area contributed by atoms with Crippen LogP contribution in [0.5, 0.6) is 0 Å². The third kappa shape index (κ3) is 3.05. The predicted octanol–water partition coefficient (Wildman–Crippen LogP) is -0.141. The van der Waals surface area contributed by atoms with Crippen molar-refractivity contribution in [1.82, 2.24) is 9.78 Å². The Kier molecular flexibility index (Phi) is 3.13. The van der Waals surface area contributed by atoms with Gasteiger partial charge >= 0.3 is 0 Å². The SMILES string of the molecule is CC(Cn1cc(S(C)(=O)=O)cn1)C(=N)N. The fourth-order valence-corrected chi connectivity index (χ4v) is 1.57. The zero-order chi connectivity index (χ0) is 11.6. The molecule has 0 spiro atoms. The Hall–Kier alpha value is -1.37. The van der Waals surface area contributed by atoms with Crippen LogP contribution >= 0.6 is 0 Å². The fraction of sp³-hybridized carbons (Fsp3) is 0.500. The summed E-state index contributed by atoms with van der Waals surface area (Å²) in [5.41, 5.74) is 5.30. The molecule has 1 aromatic heterocycles. The van der Waals surface area contributed by atoms with Crippen LogP contribution in [0.4, 0.5) is 0 Å². The van der Waals surface area contributed by atoms with Gasteiger partial charge in [0.15, 0.2) is 9.84 Å². The van der Waals surface area contributed by atoms with E-state index >= 15 is 0 Å². The lowest BCUT2D eigenvalue weighted by Crippen LogP contribution is -2.24. The van der Waals surface area contributed by atoms with Crippen LogP contribution in [-0.2, 0) is 16.4 Å². The summed E-state index contributed by atoms with van der Waals surface area (Å²) in [6.45, 7) is 2.19. The molecule has 1 unspecified atom stereocenters. The van der Waals surface area contributed by atoms with Crippen LogP contribution in [0.2, 0.25) is 0 Å². The van der Waals surface area contributed by atoms with Gasteiger partial charge in [0.1, 0.15) is 4.90 Å². The monoisotopic (exact) mass is 230 g/mol. The first-order chi connectivity index (χ1) is 6.80. The quantitative estimate of drug-likeness (QED) is 0.555. The highest BCUT2D eigenvalue weighted by molar-refractivity contribution is 7.90. The fourth-order valence-electron chi connectivity index (χ4n) is 1.01. The van der Waals surface area contributed by atoms with Gasteiger partial charge in [-0.1, -0.05) is 6.92 Å². The van der Waals surface area contributed by atoms with Crippen LogP contribution in [-0.4, -0.2) is 30.3 Å². The summed E-state index contributed by atoms with van der Waals surface area (Å²) < 4.78 is 23.8. The van der Waals surface area contributed by atoms with Gasteiger partial charge < -0.3 is 5.73 Å². The Labute approximate surface area is 88.5 Å². The minimum Gasteiger partial charge on any atom is -0.387 e. The maximum atomic E-state index is 11.1. The molecule has 1 heterocycles. The Morgan fingerprint density at radius 1 is 1.73 bits per heavy atom. The molecule has 0 amide bonds. The van der Waals surface area contributed by atoms with Crippen molar-refractivity contribution in [3.05, 3.63) is 12.4 Å². The molecule has 7 heteroatoms. The van der Waals surface area contributed by atoms with Crippen molar-refractivity contribution in [3.8, 4) is 0 Å². The van der Waals surface area contributed by atoms with Gasteiger partial charge in [-0.25, -0.2) is 8.42 Å². The second-order valence-electron chi connectivity index (χ2n) is 3.53. The molecule has 0 aliphatic carbocycles. The highest BCUT2D eigenvalue weighted by Crippen LogP contribution is 2.08. The number of hydrogen-bond acceptors (Lipinski definition) is 4. The maximum Gasteiger partial charge on any atom is 0.178 e. The molecule has 1 rings (SSSR count). The van der Waals surface area contributed by atoms with E-state index in [9.17, 15) is 8.42 Å². The molecule has 0 bridgehead atoms. The lowest BCUT2D eigenvalue weighted by molar-refractivity contribution is 0.536. The predicted molar refractivity (Wildman–Crippen MR) is 56.4 cm³/mol. The van der Waals surface area contributed by atoms with Crippen molar-refractivity contribution < 1.29 is 8.42 Å². The van der Waals surface area contributed by atoms with E-state index in [1.165, 1.54) is 17.1 Å². The van der Waals surface area contributed by atoms with Crippen LogP contribution in [0.25, 0.3) is 0 Å². The van der Waals surface area contributed by atoms with Crippen molar-refractivity contribution in [3.63, 3.8) is 0 Å². The van der Waals surface area contributed by atoms with Crippen molar-refractivity contribution in [2.45, 2.75) is 18.4 Å². The van der Waals surface area contributed by atoms with Gasteiger partial charge in [0.2, 0.25) is 0 Å². The number of nitrogens with zero attached hydrogens (tertiary/aromatic N) is 2. The second kappa shape index (κ2) is 4.01. The highest BCUT2D eigenvalue weighted by atomic mass is 32.2. The molecular weight excluding hydrogens is 216 g/mol. The maximum absolute atomic E-state index is 11.1. The minimum atomic E-state index is -3.21. The summed E-state index contributed by atoms with van der Waals surface area (Å²) in [4.78, 5) is 0.179. The summed E-state index contributed by atoms with van der Waals surface area (Å²) >= 11 is 0. The molecule has 0 fully saturated rings. The van der Waals surface area contributed by atoms with E-state index < -0.39 is 9.84 Å². The number of amidine groups is 1. The summed E-state index contributed by atoms with van der Waals surface area (Å²) in [6, 6.07) is 0. The molecule has 15 heavy (non-hydrogen) atoms. The lowest BCUT2D eigenvalue weighted by atomic mass is 10.2. The highest BCUT2D eigenvalue weighted by Gasteiger charge is 2.12. The van der Waals surface area contributed by atoms with Crippen LogP contribution in [0, 0.1) is 11.3 Å². The molecule has 0 aliphatic heterocycles. The minimum absolute atomic E-state index is 0.0615. The average molecular weight is 230 g/mol. The third-order valence-electron chi connectivity index (χ3n) is 2.03. The zero-order valence-corrected chi connectivity index (χ0v) is 9.45. The zero-order valence-electron chi connectivity index (χ0n) is 8.64. The first-order valence-electron chi connectivity index (χ1n) is 4.37. The Morgan fingerprint density at radius 3 is 2.73 bits per heavy atom. The van der Waals surface area contributed by atoms with Crippen molar-refractivity contribution in [2.24, 2.45) is 11.7 Å². The molecular formula is C8H14N4O2S. The molecule has 0 aromatic carbocycles. The van der Waals surface area contributed by atoms with E-state index in [0.717, 1.165) is 6.26 Å². The van der Waals surface area contributed by atoms with Crippen LogP contribution in [0.15, 0.2) is 17.3 Å². The van der Waals surface area contributed by atoms with Crippen LogP contribution < -0.4 is 5.73 Å². The summed E-state index contributed by atoms with van der Waals surface area (Å²) in [5, 5.41) is 11.1. The molecule has 6 nitrogen and oxygen atoms in total. The largest absolute Gasteiger partial charge is 0.387 e. The molecule has 0 saturated heterocycles. The number of aromatic nitrogens is 2. The van der Waals surface area contributed by atoms with Crippen molar-refractivity contribution in [2.75, 3.05) is 6.26 Å². The number of hydrogen-bond donors (Lipinski definition) is 2. The lowest BCUT2D eigenvalue weighted by Gasteiger charge is -2.08. The first kappa shape index (κ1) is 11.7. The molecule has 84 valence electrons. The van der Waals surface area contributed by atoms with Gasteiger partial charge in [-0.3, -0.25) is 10.1 Å². The van der Waals surface area contributed by atoms with Crippen LogP contribution in [0.3, 0.4) is 0 Å². The van der Waals surface area contributed by atoms with E-state index in [-0.39, 0.29) is 16.6 Å². The third-order valence-corrected chi connectivity index (χ3v) is 3.10. The number of sulfone groups is 1. The molecule has 0 aliphatic rings. The Balaban J connectivity index is 2.82. The van der Waals surface area contributed by atoms with E-state index in [0.29, 0.717) is 6.54 Å². The molecule has 0 saturated carbocycles. The smallest absolute Gasteiger partial charge is 0.178 e. The molecule has 0 radical (unpaired) electrons. The van der Waals surface area contributed by atoms with E-state index in [4.69, 9.17) is 11.1 Å². The van der Waals surface area contributed by atoms with E-state index in [1.807, 2.05) is 0 Å². The van der Waals surface area contributed by atoms with Crippen LogP contribution in [0.1, 0.15) is 6.92 Å². The summed E-state index contributed by atoms with van der Waals surface area (Å²) in [7, 11) is -3.21. The van der Waals surface area contributed by atoms with Gasteiger partial charge in [0.05, 0.1) is 18.6 Å². The summed E-state index contributed by atoms with van der Waals surface area (Å²) in [5.74, 6) is -0.0938. The number of rotatable bonds is 4. The number of nitrogens with one attached hydrogen (secondary N) is 1. The van der Waals surface area contributed by atoms with E-state index in [2.05, 4.69) is 5.10 Å². The standard InChI is InChI=1S/C8H14N4O2S/c1-6(8(9)10)4-12-5-7(3-11-12)15(2,13)14/h3,5-6H,4H2,1-2H3,(H3,9,10). The van der Waals surface area contributed by atoms with E-state index in [1.54, 1.807) is 6.92 Å². The molecule has 1 atom stereocenters. The van der Waals surface area contributed by atoms with Gasteiger partial charge in [0.25, 0.3) is 0 Å².